The fraction of sp³-hybridized carbons (Fsp3) is 0.517. The van der Waals surface area contributed by atoms with Gasteiger partial charge in [-0.3, -0.25) is 9.69 Å². The Labute approximate surface area is 212 Å². The first-order valence-corrected chi connectivity index (χ1v) is 14.4. The van der Waals surface area contributed by atoms with Crippen LogP contribution in [0.5, 0.6) is 0 Å². The van der Waals surface area contributed by atoms with Crippen molar-refractivity contribution in [1.82, 2.24) is 19.8 Å². The van der Waals surface area contributed by atoms with Crippen molar-refractivity contribution < 1.29 is 4.79 Å². The molecule has 1 aromatic heterocycles. The summed E-state index contributed by atoms with van der Waals surface area (Å²) in [5, 5.41) is 3.42. The predicted molar refractivity (Wildman–Crippen MR) is 144 cm³/mol. The number of imidazole rings is 1. The van der Waals surface area contributed by atoms with Gasteiger partial charge < -0.3 is 9.88 Å². The molecule has 2 saturated heterocycles. The summed E-state index contributed by atoms with van der Waals surface area (Å²) >= 11 is 2.12. The van der Waals surface area contributed by atoms with Gasteiger partial charge in [0.15, 0.2) is 0 Å². The molecule has 3 aromatic rings. The molecule has 2 bridgehead atoms. The van der Waals surface area contributed by atoms with Crippen molar-refractivity contribution >= 4 is 28.7 Å². The van der Waals surface area contributed by atoms with Crippen LogP contribution in [0.2, 0.25) is 0 Å². The lowest BCUT2D eigenvalue weighted by Gasteiger charge is -2.49. The molecule has 3 atom stereocenters. The van der Waals surface area contributed by atoms with Gasteiger partial charge in [-0.25, -0.2) is 4.98 Å². The van der Waals surface area contributed by atoms with Crippen LogP contribution in [0, 0.1) is 12.8 Å². The summed E-state index contributed by atoms with van der Waals surface area (Å²) in [6.45, 7) is 3.20. The number of carbonyl (C=O) groups is 1. The van der Waals surface area contributed by atoms with Crippen molar-refractivity contribution in [1.29, 1.82) is 0 Å². The van der Waals surface area contributed by atoms with Crippen LogP contribution in [0.1, 0.15) is 62.0 Å². The van der Waals surface area contributed by atoms with Gasteiger partial charge in [0.25, 0.3) is 0 Å². The molecule has 35 heavy (non-hydrogen) atoms. The van der Waals surface area contributed by atoms with Gasteiger partial charge in [-0.05, 0) is 56.7 Å². The Hall–Kier alpha value is -2.31. The molecule has 1 N–H and O–H groups in total. The molecule has 1 saturated carbocycles. The summed E-state index contributed by atoms with van der Waals surface area (Å²) in [5.41, 5.74) is 3.62. The van der Waals surface area contributed by atoms with Gasteiger partial charge in [-0.2, -0.15) is 11.8 Å². The maximum Gasteiger partial charge on any atom is 0.223 e. The Morgan fingerprint density at radius 3 is 2.46 bits per heavy atom. The molecule has 3 heterocycles. The Morgan fingerprint density at radius 1 is 1.03 bits per heavy atom. The molecule has 2 aromatic carbocycles. The highest BCUT2D eigenvalue weighted by Crippen LogP contribution is 2.40. The molecule has 6 heteroatoms. The Balaban J connectivity index is 1.17. The molecule has 0 radical (unpaired) electrons. The Bertz CT molecular complexity index is 1160. The molecule has 6 rings (SSSR count). The Morgan fingerprint density at radius 2 is 1.74 bits per heavy atom. The minimum Gasteiger partial charge on any atom is -0.349 e. The third-order valence-electron chi connectivity index (χ3n) is 8.45. The fourth-order valence-corrected chi connectivity index (χ4v) is 7.74. The van der Waals surface area contributed by atoms with Crippen LogP contribution in [0.3, 0.4) is 0 Å². The van der Waals surface area contributed by atoms with Crippen molar-refractivity contribution in [3.63, 3.8) is 0 Å². The number of para-hydroxylation sites is 2. The van der Waals surface area contributed by atoms with E-state index < -0.39 is 0 Å². The van der Waals surface area contributed by atoms with Crippen molar-refractivity contribution in [3.05, 3.63) is 66.0 Å². The van der Waals surface area contributed by atoms with E-state index in [1.807, 2.05) is 0 Å². The standard InChI is InChI=1S/C29H36N4OS/c1-20-30-27-12-5-6-13-28(27)33(20)23-16-24-18-35-19-25(17-23)32(24)15-14-26(21-8-3-2-4-9-21)31-29(34)22-10-7-11-22/h2-6,8-9,12-13,22-26H,7,10-11,14-19H2,1H3,(H,31,34)/t23?,24?,25?,26-/m0/s1. The summed E-state index contributed by atoms with van der Waals surface area (Å²) in [4.78, 5) is 20.5. The largest absolute Gasteiger partial charge is 0.349 e. The van der Waals surface area contributed by atoms with E-state index in [9.17, 15) is 4.79 Å². The van der Waals surface area contributed by atoms with E-state index in [1.54, 1.807) is 0 Å². The van der Waals surface area contributed by atoms with Gasteiger partial charge in [0, 0.05) is 42.1 Å². The van der Waals surface area contributed by atoms with Crippen LogP contribution in [0.25, 0.3) is 11.0 Å². The average Bonchev–Trinajstić information content (AvgIpc) is 3.16. The summed E-state index contributed by atoms with van der Waals surface area (Å²) < 4.78 is 2.51. The molecule has 2 unspecified atom stereocenters. The number of nitrogens with one attached hydrogen (secondary N) is 1. The van der Waals surface area contributed by atoms with Crippen molar-refractivity contribution in [2.24, 2.45) is 5.92 Å². The molecule has 1 amide bonds. The number of rotatable bonds is 7. The number of amides is 1. The smallest absolute Gasteiger partial charge is 0.223 e. The van der Waals surface area contributed by atoms with E-state index in [4.69, 9.17) is 4.98 Å². The molecular formula is C29H36N4OS. The van der Waals surface area contributed by atoms with Gasteiger partial charge >= 0.3 is 0 Å². The normalized spacial score (nSPS) is 25.8. The fourth-order valence-electron chi connectivity index (χ4n) is 6.41. The maximum atomic E-state index is 12.8. The van der Waals surface area contributed by atoms with Crippen LogP contribution in [0.15, 0.2) is 54.6 Å². The summed E-state index contributed by atoms with van der Waals surface area (Å²) in [5.74, 6) is 4.01. The predicted octanol–water partition coefficient (Wildman–Crippen LogP) is 5.51. The second-order valence-electron chi connectivity index (χ2n) is 10.6. The van der Waals surface area contributed by atoms with Gasteiger partial charge in [0.05, 0.1) is 17.1 Å². The maximum absolute atomic E-state index is 12.8. The third kappa shape index (κ3) is 4.63. The lowest BCUT2D eigenvalue weighted by Crippen LogP contribution is -2.55. The first kappa shape index (κ1) is 23.1. The number of hydrogen-bond donors (Lipinski definition) is 1. The minimum atomic E-state index is 0.0928. The highest BCUT2D eigenvalue weighted by Gasteiger charge is 2.40. The molecule has 3 fully saturated rings. The van der Waals surface area contributed by atoms with E-state index in [1.165, 1.54) is 41.8 Å². The van der Waals surface area contributed by atoms with Crippen LogP contribution in [-0.2, 0) is 4.79 Å². The van der Waals surface area contributed by atoms with Gasteiger partial charge in [0.2, 0.25) is 5.91 Å². The van der Waals surface area contributed by atoms with Crippen molar-refractivity contribution in [2.45, 2.75) is 69.6 Å². The molecule has 1 aliphatic carbocycles. The summed E-state index contributed by atoms with van der Waals surface area (Å²) in [6, 6.07) is 20.9. The number of nitrogens with zero attached hydrogens (tertiary/aromatic N) is 3. The lowest BCUT2D eigenvalue weighted by molar-refractivity contribution is -0.128. The highest BCUT2D eigenvalue weighted by molar-refractivity contribution is 7.99. The third-order valence-corrected chi connectivity index (χ3v) is 9.70. The first-order chi connectivity index (χ1) is 17.2. The minimum absolute atomic E-state index is 0.0928. The number of benzene rings is 2. The SMILES string of the molecule is Cc1nc2ccccc2n1C1CC2CSCC(C1)N2CC[C@H](NC(=O)C1CCC1)c1ccccc1. The number of aryl methyl sites for hydroxylation is 1. The number of fused-ring (bicyclic) bond motifs is 3. The zero-order valence-electron chi connectivity index (χ0n) is 20.6. The number of piperidine rings is 1. The van der Waals surface area contributed by atoms with Crippen LogP contribution < -0.4 is 5.32 Å². The van der Waals surface area contributed by atoms with E-state index in [0.717, 1.165) is 37.1 Å². The van der Waals surface area contributed by atoms with Crippen LogP contribution in [-0.4, -0.2) is 50.5 Å². The monoisotopic (exact) mass is 488 g/mol. The molecule has 2 aliphatic heterocycles. The van der Waals surface area contributed by atoms with Crippen LogP contribution >= 0.6 is 11.8 Å². The van der Waals surface area contributed by atoms with Crippen LogP contribution in [0.4, 0.5) is 0 Å². The molecule has 0 spiro atoms. The van der Waals surface area contributed by atoms with Gasteiger partial charge in [-0.1, -0.05) is 48.9 Å². The van der Waals surface area contributed by atoms with Gasteiger partial charge in [0.1, 0.15) is 5.82 Å². The second kappa shape index (κ2) is 9.98. The summed E-state index contributed by atoms with van der Waals surface area (Å²) in [7, 11) is 0. The van der Waals surface area contributed by atoms with E-state index in [-0.39, 0.29) is 17.9 Å². The molecule has 184 valence electrons. The van der Waals surface area contributed by atoms with Crippen molar-refractivity contribution in [3.8, 4) is 0 Å². The highest BCUT2D eigenvalue weighted by atomic mass is 32.2. The quantitative estimate of drug-likeness (QED) is 0.476. The molecule has 5 nitrogen and oxygen atoms in total. The number of carbonyl (C=O) groups excluding carboxylic acids is 1. The number of aromatic nitrogens is 2. The average molecular weight is 489 g/mol. The number of thioether (sulfide) groups is 1. The molecular weight excluding hydrogens is 452 g/mol. The second-order valence-corrected chi connectivity index (χ2v) is 11.7. The topological polar surface area (TPSA) is 50.2 Å². The summed E-state index contributed by atoms with van der Waals surface area (Å²) in [6.07, 6.45) is 6.60. The first-order valence-electron chi connectivity index (χ1n) is 13.3. The Kier molecular flexibility index (Phi) is 6.59. The lowest BCUT2D eigenvalue weighted by atomic mass is 9.84. The number of hydrogen-bond acceptors (Lipinski definition) is 4. The zero-order chi connectivity index (χ0) is 23.8. The zero-order valence-corrected chi connectivity index (χ0v) is 21.4. The molecule has 3 aliphatic rings. The van der Waals surface area contributed by atoms with E-state index in [0.29, 0.717) is 18.1 Å². The van der Waals surface area contributed by atoms with Crippen molar-refractivity contribution in [2.75, 3.05) is 18.1 Å². The van der Waals surface area contributed by atoms with Gasteiger partial charge in [-0.15, -0.1) is 0 Å². The van der Waals surface area contributed by atoms with E-state index in [2.05, 4.69) is 88.1 Å². The van der Waals surface area contributed by atoms with E-state index >= 15 is 0 Å².